The van der Waals surface area contributed by atoms with Gasteiger partial charge in [-0.05, 0) is 139 Å². The van der Waals surface area contributed by atoms with Gasteiger partial charge < -0.3 is 4.90 Å². The summed E-state index contributed by atoms with van der Waals surface area (Å²) in [5.74, 6) is 0.425. The molecule has 9 aromatic rings. The maximum atomic E-state index is 2.48. The summed E-state index contributed by atoms with van der Waals surface area (Å²) in [6.45, 7) is 4.81. The van der Waals surface area contributed by atoms with E-state index in [1.165, 1.54) is 83.5 Å². The van der Waals surface area contributed by atoms with Crippen molar-refractivity contribution in [2.45, 2.75) is 31.6 Å². The summed E-state index contributed by atoms with van der Waals surface area (Å²) in [6.07, 6.45) is 7.98. The SMILES string of the molecule is CC1(C)C2=CC=CCC2c2ccc(N(c3ccc(-c4c(-c5ccccc5)cc(-c5ccccc5)cc4-c4ccccc4)cc3)c3cc(-c4ccccc4)cc(-c4ccccc4)c3)cc21. The van der Waals surface area contributed by atoms with Crippen LogP contribution in [0.4, 0.5) is 17.1 Å². The van der Waals surface area contributed by atoms with Crippen LogP contribution < -0.4 is 4.90 Å². The average molecular weight is 820 g/mol. The van der Waals surface area contributed by atoms with Crippen molar-refractivity contribution in [2.24, 2.45) is 0 Å². The maximum absolute atomic E-state index is 2.48. The second-order valence-electron chi connectivity index (χ2n) is 17.7. The van der Waals surface area contributed by atoms with E-state index < -0.39 is 0 Å². The zero-order chi connectivity index (χ0) is 43.0. The first-order chi connectivity index (χ1) is 31.5. The van der Waals surface area contributed by atoms with E-state index in [1.807, 2.05) is 0 Å². The van der Waals surface area contributed by atoms with Crippen LogP contribution >= 0.6 is 0 Å². The molecule has 0 heterocycles. The topological polar surface area (TPSA) is 3.24 Å². The van der Waals surface area contributed by atoms with Crippen molar-refractivity contribution < 1.29 is 0 Å². The molecule has 2 aliphatic rings. The van der Waals surface area contributed by atoms with Gasteiger partial charge in [-0.25, -0.2) is 0 Å². The van der Waals surface area contributed by atoms with Crippen LogP contribution in [0.15, 0.2) is 248 Å². The normalized spacial score (nSPS) is 14.7. The first-order valence-electron chi connectivity index (χ1n) is 22.5. The third-order valence-corrected chi connectivity index (χ3v) is 13.4. The molecule has 1 atom stereocenters. The van der Waals surface area contributed by atoms with E-state index in [9.17, 15) is 0 Å². The standard InChI is InChI=1S/C63H49N/c1-63(2)60-31-19-18-30-56(60)57-37-36-54(43-61(57)63)64(55-39-50(44-20-8-3-9-21-44)38-51(40-55)45-22-10-4-11-23-45)53-34-32-49(33-35-53)62-58(47-26-14-6-15-27-47)41-52(46-24-12-5-13-25-46)42-59(62)48-28-16-7-17-29-48/h3-29,31-43,56H,30H2,1-2H3. The summed E-state index contributed by atoms with van der Waals surface area (Å²) in [4.78, 5) is 2.47. The number of hydrogen-bond donors (Lipinski definition) is 0. The second-order valence-corrected chi connectivity index (χ2v) is 17.7. The van der Waals surface area contributed by atoms with Crippen molar-refractivity contribution in [1.29, 1.82) is 0 Å². The highest BCUT2D eigenvalue weighted by Crippen LogP contribution is 2.54. The van der Waals surface area contributed by atoms with E-state index in [-0.39, 0.29) is 5.41 Å². The van der Waals surface area contributed by atoms with Gasteiger partial charge in [0.15, 0.2) is 0 Å². The molecular formula is C63H49N. The Labute approximate surface area is 378 Å². The summed E-state index contributed by atoms with van der Waals surface area (Å²) in [6, 6.07) is 82.4. The van der Waals surface area contributed by atoms with Gasteiger partial charge in [0, 0.05) is 28.4 Å². The number of anilines is 3. The Bertz CT molecular complexity index is 3040. The highest BCUT2D eigenvalue weighted by molar-refractivity contribution is 5.98. The Kier molecular flexibility index (Phi) is 10.1. The van der Waals surface area contributed by atoms with Gasteiger partial charge in [0.25, 0.3) is 0 Å². The lowest BCUT2D eigenvalue weighted by Gasteiger charge is -2.29. The van der Waals surface area contributed by atoms with Crippen LogP contribution in [-0.4, -0.2) is 0 Å². The van der Waals surface area contributed by atoms with Crippen molar-refractivity contribution in [1.82, 2.24) is 0 Å². The lowest BCUT2D eigenvalue weighted by molar-refractivity contribution is 0.612. The molecule has 0 spiro atoms. The van der Waals surface area contributed by atoms with Crippen LogP contribution in [0.25, 0.3) is 66.8 Å². The van der Waals surface area contributed by atoms with E-state index in [4.69, 9.17) is 0 Å². The van der Waals surface area contributed by atoms with E-state index in [0.29, 0.717) is 5.92 Å². The summed E-state index contributed by atoms with van der Waals surface area (Å²) in [7, 11) is 0. The van der Waals surface area contributed by atoms with Gasteiger partial charge in [-0.1, -0.05) is 208 Å². The van der Waals surface area contributed by atoms with Crippen molar-refractivity contribution in [3.05, 3.63) is 259 Å². The zero-order valence-electron chi connectivity index (χ0n) is 36.3. The van der Waals surface area contributed by atoms with Gasteiger partial charge in [-0.3, -0.25) is 0 Å². The maximum Gasteiger partial charge on any atom is 0.0473 e. The van der Waals surface area contributed by atoms with E-state index in [1.54, 1.807) is 0 Å². The summed E-state index contributed by atoms with van der Waals surface area (Å²) in [5, 5.41) is 0. The minimum absolute atomic E-state index is 0.0784. The van der Waals surface area contributed by atoms with Crippen LogP contribution in [0.3, 0.4) is 0 Å². The number of allylic oxidation sites excluding steroid dienone is 4. The second kappa shape index (κ2) is 16.5. The smallest absolute Gasteiger partial charge is 0.0473 e. The number of benzene rings is 9. The van der Waals surface area contributed by atoms with E-state index in [0.717, 1.165) is 23.5 Å². The number of fused-ring (bicyclic) bond motifs is 3. The minimum Gasteiger partial charge on any atom is -0.310 e. The average Bonchev–Trinajstić information content (AvgIpc) is 3.60. The summed E-state index contributed by atoms with van der Waals surface area (Å²) < 4.78 is 0. The van der Waals surface area contributed by atoms with Crippen LogP contribution in [-0.2, 0) is 5.41 Å². The molecule has 306 valence electrons. The fourth-order valence-electron chi connectivity index (χ4n) is 10.3. The molecular weight excluding hydrogens is 771 g/mol. The van der Waals surface area contributed by atoms with Crippen molar-refractivity contribution in [2.75, 3.05) is 4.90 Å². The largest absolute Gasteiger partial charge is 0.310 e. The van der Waals surface area contributed by atoms with Gasteiger partial charge in [0.1, 0.15) is 0 Å². The number of nitrogens with zero attached hydrogens (tertiary/aromatic N) is 1. The monoisotopic (exact) mass is 819 g/mol. The molecule has 0 fully saturated rings. The van der Waals surface area contributed by atoms with Crippen molar-refractivity contribution >= 4 is 17.1 Å². The molecule has 2 aliphatic carbocycles. The minimum atomic E-state index is -0.0784. The lowest BCUT2D eigenvalue weighted by Crippen LogP contribution is -2.18. The summed E-state index contributed by atoms with van der Waals surface area (Å²) in [5.41, 5.74) is 22.0. The molecule has 1 nitrogen and oxygen atoms in total. The molecule has 0 bridgehead atoms. The molecule has 0 radical (unpaired) electrons. The highest BCUT2D eigenvalue weighted by atomic mass is 15.1. The lowest BCUT2D eigenvalue weighted by atomic mass is 9.79. The fourth-order valence-corrected chi connectivity index (χ4v) is 10.3. The molecule has 11 rings (SSSR count). The van der Waals surface area contributed by atoms with Gasteiger partial charge in [0.05, 0.1) is 0 Å². The Balaban J connectivity index is 1.12. The molecule has 1 heteroatoms. The predicted octanol–water partition coefficient (Wildman–Crippen LogP) is 17.4. The van der Waals surface area contributed by atoms with Gasteiger partial charge in [0.2, 0.25) is 0 Å². The molecule has 9 aromatic carbocycles. The third-order valence-electron chi connectivity index (χ3n) is 13.4. The van der Waals surface area contributed by atoms with Crippen LogP contribution in [0, 0.1) is 0 Å². The van der Waals surface area contributed by atoms with Crippen LogP contribution in [0.2, 0.25) is 0 Å². The van der Waals surface area contributed by atoms with E-state index >= 15 is 0 Å². The fraction of sp³-hybridized carbons (Fsp3) is 0.0794. The third kappa shape index (κ3) is 7.20. The molecule has 0 N–H and O–H groups in total. The highest BCUT2D eigenvalue weighted by Gasteiger charge is 2.41. The molecule has 0 aliphatic heterocycles. The molecule has 0 aromatic heterocycles. The summed E-state index contributed by atoms with van der Waals surface area (Å²) >= 11 is 0. The first-order valence-corrected chi connectivity index (χ1v) is 22.5. The Hall–Kier alpha value is -7.74. The zero-order valence-corrected chi connectivity index (χ0v) is 36.3. The number of rotatable bonds is 9. The Morgan fingerprint density at radius 3 is 1.34 bits per heavy atom. The van der Waals surface area contributed by atoms with Crippen molar-refractivity contribution in [3.8, 4) is 66.8 Å². The molecule has 0 amide bonds. The molecule has 0 saturated carbocycles. The van der Waals surface area contributed by atoms with Crippen LogP contribution in [0.5, 0.6) is 0 Å². The predicted molar refractivity (Wildman–Crippen MR) is 271 cm³/mol. The Morgan fingerprint density at radius 1 is 0.391 bits per heavy atom. The van der Waals surface area contributed by atoms with Gasteiger partial charge >= 0.3 is 0 Å². The quantitative estimate of drug-likeness (QED) is 0.140. The Morgan fingerprint density at radius 2 is 0.844 bits per heavy atom. The first kappa shape index (κ1) is 39.1. The van der Waals surface area contributed by atoms with Gasteiger partial charge in [-0.2, -0.15) is 0 Å². The van der Waals surface area contributed by atoms with Crippen LogP contribution in [0.1, 0.15) is 37.3 Å². The molecule has 64 heavy (non-hydrogen) atoms. The molecule has 0 saturated heterocycles. The van der Waals surface area contributed by atoms with Crippen molar-refractivity contribution in [3.63, 3.8) is 0 Å². The van der Waals surface area contributed by atoms with E-state index in [2.05, 4.69) is 261 Å². The number of hydrogen-bond acceptors (Lipinski definition) is 1. The molecule has 1 unspecified atom stereocenters. The van der Waals surface area contributed by atoms with Gasteiger partial charge in [-0.15, -0.1) is 0 Å².